The highest BCUT2D eigenvalue weighted by atomic mass is 16.6. The number of rotatable bonds is 6. The molecule has 0 unspecified atom stereocenters. The lowest BCUT2D eigenvalue weighted by Gasteiger charge is -2.19. The molecule has 0 aliphatic rings. The van der Waals surface area contributed by atoms with Crippen LogP contribution in [0.5, 0.6) is 5.75 Å². The van der Waals surface area contributed by atoms with Gasteiger partial charge in [-0.2, -0.15) is 0 Å². The summed E-state index contributed by atoms with van der Waals surface area (Å²) in [7, 11) is 1.65. The van der Waals surface area contributed by atoms with Crippen molar-refractivity contribution in [3.8, 4) is 17.0 Å². The molecule has 3 rings (SSSR count). The zero-order valence-electron chi connectivity index (χ0n) is 16.8. The number of benzene rings is 2. The lowest BCUT2D eigenvalue weighted by Crippen LogP contribution is -2.25. The Hall–Kier alpha value is -3.08. The normalized spacial score (nSPS) is 11.3. The summed E-state index contributed by atoms with van der Waals surface area (Å²) in [6.07, 6.45) is 0.297. The Kier molecular flexibility index (Phi) is 5.83. The first-order chi connectivity index (χ1) is 13.4. The predicted octanol–water partition coefficient (Wildman–Crippen LogP) is 5.05. The average Bonchev–Trinajstić information content (AvgIpc) is 2.66. The number of ether oxygens (including phenoxy) is 2. The van der Waals surface area contributed by atoms with Gasteiger partial charge in [-0.1, -0.05) is 18.2 Å². The van der Waals surface area contributed by atoms with Gasteiger partial charge in [-0.3, -0.25) is 4.79 Å². The van der Waals surface area contributed by atoms with Crippen molar-refractivity contribution in [1.82, 2.24) is 4.98 Å². The SMILES string of the molecule is COc1ccc(-c2cc(NCCC(=O)OC(C)(C)C)c3ccccc3n2)cc1. The van der Waals surface area contributed by atoms with Crippen LogP contribution in [0, 0.1) is 0 Å². The number of aromatic nitrogens is 1. The van der Waals surface area contributed by atoms with Crippen LogP contribution >= 0.6 is 0 Å². The van der Waals surface area contributed by atoms with Crippen LogP contribution in [-0.4, -0.2) is 30.2 Å². The predicted molar refractivity (Wildman–Crippen MR) is 113 cm³/mol. The van der Waals surface area contributed by atoms with Crippen LogP contribution in [0.2, 0.25) is 0 Å². The van der Waals surface area contributed by atoms with Gasteiger partial charge in [0.25, 0.3) is 0 Å². The van der Waals surface area contributed by atoms with E-state index in [9.17, 15) is 4.79 Å². The van der Waals surface area contributed by atoms with Gasteiger partial charge < -0.3 is 14.8 Å². The number of methoxy groups -OCH3 is 1. The quantitative estimate of drug-likeness (QED) is 0.608. The standard InChI is InChI=1S/C23H26N2O3/c1-23(2,3)28-22(26)13-14-24-21-15-20(16-9-11-17(27-4)12-10-16)25-19-8-6-5-7-18(19)21/h5-12,15H,13-14H2,1-4H3,(H,24,25). The van der Waals surface area contributed by atoms with Gasteiger partial charge in [0.1, 0.15) is 11.4 Å². The monoisotopic (exact) mass is 378 g/mol. The van der Waals surface area contributed by atoms with Crippen LogP contribution in [0.1, 0.15) is 27.2 Å². The maximum atomic E-state index is 12.0. The first-order valence-electron chi connectivity index (χ1n) is 9.36. The fourth-order valence-electron chi connectivity index (χ4n) is 2.92. The van der Waals surface area contributed by atoms with Gasteiger partial charge in [0.15, 0.2) is 0 Å². The second-order valence-corrected chi connectivity index (χ2v) is 7.56. The molecule has 0 atom stereocenters. The van der Waals surface area contributed by atoms with E-state index in [1.165, 1.54) is 0 Å². The van der Waals surface area contributed by atoms with Gasteiger partial charge in [0, 0.05) is 23.2 Å². The first-order valence-corrected chi connectivity index (χ1v) is 9.36. The molecule has 0 aliphatic carbocycles. The molecule has 0 radical (unpaired) electrons. The third-order valence-corrected chi connectivity index (χ3v) is 4.17. The molecular weight excluding hydrogens is 352 g/mol. The summed E-state index contributed by atoms with van der Waals surface area (Å²) in [5.41, 5.74) is 3.24. The number of nitrogens with one attached hydrogen (secondary N) is 1. The Labute approximate surface area is 165 Å². The number of hydrogen-bond acceptors (Lipinski definition) is 5. The van der Waals surface area contributed by atoms with E-state index in [2.05, 4.69) is 5.32 Å². The Balaban J connectivity index is 1.83. The molecule has 28 heavy (non-hydrogen) atoms. The minimum atomic E-state index is -0.470. The molecule has 146 valence electrons. The van der Waals surface area contributed by atoms with Crippen molar-refractivity contribution in [2.75, 3.05) is 19.0 Å². The van der Waals surface area contributed by atoms with Crippen molar-refractivity contribution < 1.29 is 14.3 Å². The van der Waals surface area contributed by atoms with Crippen LogP contribution in [0.3, 0.4) is 0 Å². The van der Waals surface area contributed by atoms with Gasteiger partial charge in [-0.15, -0.1) is 0 Å². The fourth-order valence-corrected chi connectivity index (χ4v) is 2.92. The topological polar surface area (TPSA) is 60.5 Å². The van der Waals surface area contributed by atoms with Crippen LogP contribution < -0.4 is 10.1 Å². The maximum Gasteiger partial charge on any atom is 0.308 e. The number of carbonyl (C=O) groups excluding carboxylic acids is 1. The van der Waals surface area contributed by atoms with Gasteiger partial charge in [-0.25, -0.2) is 4.98 Å². The Morgan fingerprint density at radius 2 is 1.79 bits per heavy atom. The van der Waals surface area contributed by atoms with Crippen molar-refractivity contribution in [1.29, 1.82) is 0 Å². The molecule has 0 aliphatic heterocycles. The molecule has 0 fully saturated rings. The summed E-state index contributed by atoms with van der Waals surface area (Å²) in [5, 5.41) is 4.39. The van der Waals surface area contributed by atoms with Crippen LogP contribution in [0.25, 0.3) is 22.2 Å². The van der Waals surface area contributed by atoms with E-state index in [4.69, 9.17) is 14.5 Å². The zero-order valence-corrected chi connectivity index (χ0v) is 16.8. The molecule has 2 aromatic carbocycles. The third-order valence-electron chi connectivity index (χ3n) is 4.17. The number of pyridine rings is 1. The van der Waals surface area contributed by atoms with Crippen LogP contribution in [-0.2, 0) is 9.53 Å². The minimum absolute atomic E-state index is 0.214. The second-order valence-electron chi connectivity index (χ2n) is 7.56. The maximum absolute atomic E-state index is 12.0. The highest BCUT2D eigenvalue weighted by molar-refractivity contribution is 5.93. The number of anilines is 1. The molecule has 1 aromatic heterocycles. The molecule has 5 heteroatoms. The van der Waals surface area contributed by atoms with E-state index < -0.39 is 5.60 Å². The third kappa shape index (κ3) is 5.00. The van der Waals surface area contributed by atoms with E-state index in [0.29, 0.717) is 13.0 Å². The Morgan fingerprint density at radius 1 is 1.07 bits per heavy atom. The highest BCUT2D eigenvalue weighted by Gasteiger charge is 2.16. The van der Waals surface area contributed by atoms with Gasteiger partial charge in [0.2, 0.25) is 0 Å². The number of nitrogens with zero attached hydrogens (tertiary/aromatic N) is 1. The molecule has 5 nitrogen and oxygen atoms in total. The summed E-state index contributed by atoms with van der Waals surface area (Å²) >= 11 is 0. The molecular formula is C23H26N2O3. The van der Waals surface area contributed by atoms with Crippen molar-refractivity contribution in [2.45, 2.75) is 32.8 Å². The van der Waals surface area contributed by atoms with E-state index in [1.807, 2.05) is 75.4 Å². The second kappa shape index (κ2) is 8.30. The van der Waals surface area contributed by atoms with E-state index >= 15 is 0 Å². The molecule has 0 saturated heterocycles. The summed E-state index contributed by atoms with van der Waals surface area (Å²) in [6, 6.07) is 17.8. The number of fused-ring (bicyclic) bond motifs is 1. The number of carbonyl (C=O) groups is 1. The first kappa shape index (κ1) is 19.7. The Morgan fingerprint density at radius 3 is 2.46 bits per heavy atom. The number of esters is 1. The van der Waals surface area contributed by atoms with Gasteiger partial charge in [0.05, 0.1) is 24.7 Å². The lowest BCUT2D eigenvalue weighted by molar-refractivity contribution is -0.154. The fraction of sp³-hybridized carbons (Fsp3) is 0.304. The molecule has 1 N–H and O–H groups in total. The van der Waals surface area contributed by atoms with Gasteiger partial charge in [-0.05, 0) is 57.2 Å². The van der Waals surface area contributed by atoms with Crippen LogP contribution in [0.4, 0.5) is 5.69 Å². The van der Waals surface area contributed by atoms with Crippen molar-refractivity contribution in [2.24, 2.45) is 0 Å². The average molecular weight is 378 g/mol. The molecule has 0 saturated carbocycles. The van der Waals surface area contributed by atoms with E-state index in [-0.39, 0.29) is 5.97 Å². The molecule has 0 amide bonds. The smallest absolute Gasteiger partial charge is 0.308 e. The largest absolute Gasteiger partial charge is 0.497 e. The van der Waals surface area contributed by atoms with E-state index in [1.54, 1.807) is 7.11 Å². The molecule has 3 aromatic rings. The van der Waals surface area contributed by atoms with E-state index in [0.717, 1.165) is 33.6 Å². The number of para-hydroxylation sites is 1. The highest BCUT2D eigenvalue weighted by Crippen LogP contribution is 2.29. The molecule has 1 heterocycles. The lowest BCUT2D eigenvalue weighted by atomic mass is 10.1. The van der Waals surface area contributed by atoms with Crippen molar-refractivity contribution in [3.63, 3.8) is 0 Å². The number of hydrogen-bond donors (Lipinski definition) is 1. The summed E-state index contributed by atoms with van der Waals surface area (Å²) < 4.78 is 10.6. The summed E-state index contributed by atoms with van der Waals surface area (Å²) in [4.78, 5) is 16.8. The molecule has 0 bridgehead atoms. The Bertz CT molecular complexity index is 960. The zero-order chi connectivity index (χ0) is 20.1. The minimum Gasteiger partial charge on any atom is -0.497 e. The van der Waals surface area contributed by atoms with Crippen molar-refractivity contribution >= 4 is 22.6 Å². The summed E-state index contributed by atoms with van der Waals surface area (Å²) in [6.45, 7) is 6.10. The van der Waals surface area contributed by atoms with Crippen LogP contribution in [0.15, 0.2) is 54.6 Å². The molecule has 0 spiro atoms. The van der Waals surface area contributed by atoms with Crippen molar-refractivity contribution in [3.05, 3.63) is 54.6 Å². The van der Waals surface area contributed by atoms with Gasteiger partial charge >= 0.3 is 5.97 Å². The summed E-state index contributed by atoms with van der Waals surface area (Å²) in [5.74, 6) is 0.592.